The van der Waals surface area contributed by atoms with Crippen LogP contribution < -0.4 is 0 Å². The lowest BCUT2D eigenvalue weighted by Crippen LogP contribution is -2.04. The predicted octanol–water partition coefficient (Wildman–Crippen LogP) is 3.94. The minimum atomic E-state index is -0.917. The molecule has 1 aromatic carbocycles. The molecule has 0 N–H and O–H groups in total. The lowest BCUT2D eigenvalue weighted by atomic mass is 10.1. The van der Waals surface area contributed by atoms with Crippen LogP contribution in [0.15, 0.2) is 24.3 Å². The number of aryl methyl sites for hydroxylation is 2. The number of carbonyl (C=O) groups is 1. The van der Waals surface area contributed by atoms with E-state index in [9.17, 15) is 13.6 Å². The van der Waals surface area contributed by atoms with Gasteiger partial charge in [0, 0.05) is 11.3 Å². The average molecular weight is 278 g/mol. The van der Waals surface area contributed by atoms with Crippen LogP contribution in [0.3, 0.4) is 0 Å². The molecule has 2 aromatic rings. The second kappa shape index (κ2) is 4.85. The maximum absolute atomic E-state index is 13.5. The number of rotatable bonds is 3. The molecule has 1 heterocycles. The summed E-state index contributed by atoms with van der Waals surface area (Å²) >= 11 is 1.49. The maximum atomic E-state index is 13.5. The van der Waals surface area contributed by atoms with Gasteiger partial charge in [-0.1, -0.05) is 12.1 Å². The van der Waals surface area contributed by atoms with Gasteiger partial charge in [-0.05, 0) is 42.5 Å². The molecule has 0 atom stereocenters. The molecule has 1 aliphatic carbocycles. The fourth-order valence-electron chi connectivity index (χ4n) is 2.41. The molecule has 0 fully saturated rings. The van der Waals surface area contributed by atoms with Gasteiger partial charge in [-0.2, -0.15) is 0 Å². The quantitative estimate of drug-likeness (QED) is 0.777. The van der Waals surface area contributed by atoms with Crippen LogP contribution in [0.1, 0.15) is 32.1 Å². The zero-order chi connectivity index (χ0) is 13.4. The van der Waals surface area contributed by atoms with E-state index in [4.69, 9.17) is 0 Å². The van der Waals surface area contributed by atoms with Crippen LogP contribution in [-0.4, -0.2) is 5.78 Å². The van der Waals surface area contributed by atoms with Crippen molar-refractivity contribution in [2.75, 3.05) is 0 Å². The smallest absolute Gasteiger partial charge is 0.177 e. The monoisotopic (exact) mass is 278 g/mol. The summed E-state index contributed by atoms with van der Waals surface area (Å²) in [4.78, 5) is 14.0. The molecule has 0 bridgehead atoms. The third-order valence-electron chi connectivity index (χ3n) is 3.40. The van der Waals surface area contributed by atoms with E-state index in [1.165, 1.54) is 33.9 Å². The van der Waals surface area contributed by atoms with Gasteiger partial charge in [-0.15, -0.1) is 11.3 Å². The van der Waals surface area contributed by atoms with Crippen molar-refractivity contribution >= 4 is 17.1 Å². The van der Waals surface area contributed by atoms with E-state index in [1.807, 2.05) is 6.07 Å². The van der Waals surface area contributed by atoms with Gasteiger partial charge in [-0.25, -0.2) is 8.78 Å². The Labute approximate surface area is 113 Å². The molecule has 1 aromatic heterocycles. The highest BCUT2D eigenvalue weighted by atomic mass is 32.1. The fraction of sp³-hybridized carbons (Fsp3) is 0.267. The first kappa shape index (κ1) is 12.5. The van der Waals surface area contributed by atoms with E-state index < -0.39 is 11.6 Å². The minimum Gasteiger partial charge on any atom is -0.293 e. The zero-order valence-corrected chi connectivity index (χ0v) is 11.0. The van der Waals surface area contributed by atoms with Gasteiger partial charge in [0.1, 0.15) is 0 Å². The third-order valence-corrected chi connectivity index (χ3v) is 4.68. The van der Waals surface area contributed by atoms with Crippen molar-refractivity contribution in [3.8, 4) is 0 Å². The molecule has 0 amide bonds. The molecule has 3 rings (SSSR count). The van der Waals surface area contributed by atoms with Gasteiger partial charge < -0.3 is 0 Å². The minimum absolute atomic E-state index is 0.0804. The van der Waals surface area contributed by atoms with Gasteiger partial charge in [0.15, 0.2) is 17.4 Å². The molecule has 0 spiro atoms. The third kappa shape index (κ3) is 2.32. The second-order valence-electron chi connectivity index (χ2n) is 4.73. The Morgan fingerprint density at radius 2 is 2.11 bits per heavy atom. The summed E-state index contributed by atoms with van der Waals surface area (Å²) in [5.74, 6) is -1.96. The Balaban J connectivity index is 1.82. The lowest BCUT2D eigenvalue weighted by molar-refractivity contribution is 0.0995. The van der Waals surface area contributed by atoms with Crippen LogP contribution in [0.2, 0.25) is 0 Å². The number of fused-ring (bicyclic) bond motifs is 1. The van der Waals surface area contributed by atoms with E-state index in [-0.39, 0.29) is 17.8 Å². The summed E-state index contributed by atoms with van der Waals surface area (Å²) in [7, 11) is 0. The highest BCUT2D eigenvalue weighted by Gasteiger charge is 2.19. The van der Waals surface area contributed by atoms with Crippen LogP contribution in [0.5, 0.6) is 0 Å². The highest BCUT2D eigenvalue weighted by Crippen LogP contribution is 2.31. The molecule has 0 unspecified atom stereocenters. The van der Waals surface area contributed by atoms with E-state index >= 15 is 0 Å². The number of hydrogen-bond donors (Lipinski definition) is 0. The number of thiophene rings is 1. The number of halogens is 2. The Hall–Kier alpha value is -1.55. The normalized spacial score (nSPS) is 13.6. The van der Waals surface area contributed by atoms with E-state index in [0.29, 0.717) is 4.88 Å². The fourth-order valence-corrected chi connectivity index (χ4v) is 3.60. The molecule has 1 aliphatic rings. The van der Waals surface area contributed by atoms with Crippen LogP contribution >= 0.6 is 11.3 Å². The summed E-state index contributed by atoms with van der Waals surface area (Å²) in [5, 5.41) is 0. The first-order valence-corrected chi connectivity index (χ1v) is 7.04. The zero-order valence-electron chi connectivity index (χ0n) is 10.2. The van der Waals surface area contributed by atoms with Crippen molar-refractivity contribution in [1.82, 2.24) is 0 Å². The Morgan fingerprint density at radius 3 is 2.89 bits per heavy atom. The largest absolute Gasteiger partial charge is 0.293 e. The second-order valence-corrected chi connectivity index (χ2v) is 5.86. The van der Waals surface area contributed by atoms with Crippen molar-refractivity contribution in [1.29, 1.82) is 0 Å². The van der Waals surface area contributed by atoms with Crippen LogP contribution in [-0.2, 0) is 19.3 Å². The Kier molecular flexibility index (Phi) is 3.19. The molecule has 0 saturated carbocycles. The molecule has 0 radical (unpaired) electrons. The van der Waals surface area contributed by atoms with Gasteiger partial charge in [0.25, 0.3) is 0 Å². The highest BCUT2D eigenvalue weighted by molar-refractivity contribution is 7.14. The molecule has 19 heavy (non-hydrogen) atoms. The maximum Gasteiger partial charge on any atom is 0.177 e. The standard InChI is InChI=1S/C15H12F2OS/c16-11-5-1-4-10(15(11)17)7-12(18)14-8-9-3-2-6-13(9)19-14/h1,4-5,8H,2-3,6-7H2. The van der Waals surface area contributed by atoms with Gasteiger partial charge >= 0.3 is 0 Å². The summed E-state index contributed by atoms with van der Waals surface area (Å²) < 4.78 is 26.6. The summed E-state index contributed by atoms with van der Waals surface area (Å²) in [6.07, 6.45) is 3.12. The number of carbonyl (C=O) groups excluding carboxylic acids is 1. The van der Waals surface area contributed by atoms with Gasteiger partial charge in [0.2, 0.25) is 0 Å². The van der Waals surface area contributed by atoms with E-state index in [1.54, 1.807) is 0 Å². The van der Waals surface area contributed by atoms with Crippen LogP contribution in [0.4, 0.5) is 8.78 Å². The molecular weight excluding hydrogens is 266 g/mol. The number of benzene rings is 1. The number of hydrogen-bond acceptors (Lipinski definition) is 2. The first-order valence-electron chi connectivity index (χ1n) is 6.23. The molecule has 4 heteroatoms. The Bertz CT molecular complexity index is 624. The first-order chi connectivity index (χ1) is 9.15. The van der Waals surface area contributed by atoms with Crippen molar-refractivity contribution < 1.29 is 13.6 Å². The average Bonchev–Trinajstić information content (AvgIpc) is 2.95. The summed E-state index contributed by atoms with van der Waals surface area (Å²) in [5.41, 5.74) is 1.37. The summed E-state index contributed by atoms with van der Waals surface area (Å²) in [6.45, 7) is 0. The van der Waals surface area contributed by atoms with Crippen molar-refractivity contribution in [3.63, 3.8) is 0 Å². The van der Waals surface area contributed by atoms with Gasteiger partial charge in [-0.3, -0.25) is 4.79 Å². The SMILES string of the molecule is O=C(Cc1cccc(F)c1F)c1cc2c(s1)CCC2. The number of ketones is 1. The molecular formula is C15H12F2OS. The van der Waals surface area contributed by atoms with Crippen LogP contribution in [0, 0.1) is 11.6 Å². The van der Waals surface area contributed by atoms with Crippen molar-refractivity contribution in [2.24, 2.45) is 0 Å². The summed E-state index contributed by atoms with van der Waals surface area (Å²) in [6, 6.07) is 5.85. The topological polar surface area (TPSA) is 17.1 Å². The molecule has 98 valence electrons. The van der Waals surface area contributed by atoms with E-state index in [2.05, 4.69) is 0 Å². The van der Waals surface area contributed by atoms with Crippen molar-refractivity contribution in [3.05, 3.63) is 56.8 Å². The predicted molar refractivity (Wildman–Crippen MR) is 70.7 cm³/mol. The number of Topliss-reactive ketones (excluding diaryl/α,β-unsaturated/α-hetero) is 1. The molecule has 0 saturated heterocycles. The van der Waals surface area contributed by atoms with Gasteiger partial charge in [0.05, 0.1) is 4.88 Å². The lowest BCUT2D eigenvalue weighted by Gasteiger charge is -2.02. The van der Waals surface area contributed by atoms with Crippen molar-refractivity contribution in [2.45, 2.75) is 25.7 Å². The molecule has 0 aliphatic heterocycles. The van der Waals surface area contributed by atoms with Crippen LogP contribution in [0.25, 0.3) is 0 Å². The van der Waals surface area contributed by atoms with E-state index in [0.717, 1.165) is 25.3 Å². The Morgan fingerprint density at radius 1 is 1.26 bits per heavy atom. The molecule has 1 nitrogen and oxygen atoms in total.